The van der Waals surface area contributed by atoms with Crippen LogP contribution in [-0.2, 0) is 26.2 Å². The number of sulfonamides is 1. The Labute approximate surface area is 237 Å². The van der Waals surface area contributed by atoms with Crippen molar-refractivity contribution in [2.45, 2.75) is 24.4 Å². The summed E-state index contributed by atoms with van der Waals surface area (Å²) in [5, 5.41) is 3.40. The van der Waals surface area contributed by atoms with E-state index in [1.807, 2.05) is 0 Å². The molecule has 0 heterocycles. The lowest BCUT2D eigenvalue weighted by Crippen LogP contribution is -2.50. The fourth-order valence-electron chi connectivity index (χ4n) is 3.68. The Morgan fingerprint density at radius 2 is 1.58 bits per heavy atom. The van der Waals surface area contributed by atoms with Crippen LogP contribution in [0.4, 0.5) is 5.69 Å². The van der Waals surface area contributed by atoms with E-state index in [1.165, 1.54) is 62.4 Å². The molecule has 12 heteroatoms. The van der Waals surface area contributed by atoms with Crippen LogP contribution in [0, 0.1) is 0 Å². The second-order valence-corrected chi connectivity index (χ2v) is 11.3. The molecule has 3 aromatic rings. The van der Waals surface area contributed by atoms with Crippen LogP contribution in [0.3, 0.4) is 0 Å². The Balaban J connectivity index is 2.07. The van der Waals surface area contributed by atoms with Crippen LogP contribution in [0.2, 0.25) is 15.1 Å². The van der Waals surface area contributed by atoms with Gasteiger partial charge in [-0.25, -0.2) is 8.42 Å². The number of hydrogen-bond acceptors (Lipinski definition) is 5. The first-order chi connectivity index (χ1) is 18.0. The second kappa shape index (κ2) is 12.7. The Morgan fingerprint density at radius 1 is 0.974 bits per heavy atom. The van der Waals surface area contributed by atoms with Gasteiger partial charge in [0.25, 0.3) is 10.0 Å². The van der Waals surface area contributed by atoms with Crippen molar-refractivity contribution < 1.29 is 22.7 Å². The minimum Gasteiger partial charge on any atom is -0.497 e. The third kappa shape index (κ3) is 6.71. The highest BCUT2D eigenvalue weighted by molar-refractivity contribution is 7.92. The molecule has 0 radical (unpaired) electrons. The minimum atomic E-state index is -4.25. The molecule has 0 aromatic heterocycles. The van der Waals surface area contributed by atoms with E-state index in [1.54, 1.807) is 30.3 Å². The van der Waals surface area contributed by atoms with Crippen LogP contribution in [0.25, 0.3) is 0 Å². The molecule has 0 bridgehead atoms. The molecular formula is C26H26Cl3N3O5S. The standard InChI is InChI=1S/C26H26Cl3N3O5S/c1-17(26(34)30-2)31(15-22-23(28)8-5-9-24(22)29)25(33)16-32(19-7-4-6-18(27)14-19)38(35,36)21-12-10-20(37-3)11-13-21/h4-14,17H,15-16H2,1-3H3,(H,30,34)/t17-/m0/s1. The van der Waals surface area contributed by atoms with Gasteiger partial charge in [0, 0.05) is 34.2 Å². The Morgan fingerprint density at radius 3 is 2.13 bits per heavy atom. The van der Waals surface area contributed by atoms with Gasteiger partial charge in [0.05, 0.1) is 17.7 Å². The summed E-state index contributed by atoms with van der Waals surface area (Å²) in [6.07, 6.45) is 0. The van der Waals surface area contributed by atoms with Gasteiger partial charge < -0.3 is 15.0 Å². The summed E-state index contributed by atoms with van der Waals surface area (Å²) in [6, 6.07) is 15.8. The number of methoxy groups -OCH3 is 1. The third-order valence-corrected chi connectivity index (χ3v) is 8.56. The lowest BCUT2D eigenvalue weighted by molar-refractivity contribution is -0.139. The number of carbonyl (C=O) groups excluding carboxylic acids is 2. The van der Waals surface area contributed by atoms with Gasteiger partial charge in [0.1, 0.15) is 18.3 Å². The van der Waals surface area contributed by atoms with Crippen LogP contribution in [0.1, 0.15) is 12.5 Å². The molecular weight excluding hydrogens is 573 g/mol. The smallest absolute Gasteiger partial charge is 0.264 e. The van der Waals surface area contributed by atoms with Gasteiger partial charge in [-0.3, -0.25) is 13.9 Å². The normalized spacial score (nSPS) is 11.9. The number of anilines is 1. The number of benzene rings is 3. The van der Waals surface area contributed by atoms with E-state index in [0.717, 1.165) is 4.31 Å². The predicted octanol–water partition coefficient (Wildman–Crippen LogP) is 5.01. The summed E-state index contributed by atoms with van der Waals surface area (Å²) in [7, 11) is -1.34. The van der Waals surface area contributed by atoms with E-state index in [2.05, 4.69) is 5.32 Å². The molecule has 1 N–H and O–H groups in total. The van der Waals surface area contributed by atoms with Crippen LogP contribution in [0.5, 0.6) is 5.75 Å². The van der Waals surface area contributed by atoms with Crippen molar-refractivity contribution in [3.8, 4) is 5.75 Å². The van der Waals surface area contributed by atoms with Gasteiger partial charge in [-0.05, 0) is 61.5 Å². The van der Waals surface area contributed by atoms with Crippen molar-refractivity contribution in [1.82, 2.24) is 10.2 Å². The maximum Gasteiger partial charge on any atom is 0.264 e. The number of ether oxygens (including phenoxy) is 1. The average Bonchev–Trinajstić information content (AvgIpc) is 2.90. The second-order valence-electron chi connectivity index (χ2n) is 8.18. The number of halogens is 3. The Kier molecular flexibility index (Phi) is 9.89. The highest BCUT2D eigenvalue weighted by atomic mass is 35.5. The van der Waals surface area contributed by atoms with Crippen LogP contribution in [0.15, 0.2) is 71.6 Å². The molecule has 2 amide bonds. The molecule has 202 valence electrons. The molecule has 38 heavy (non-hydrogen) atoms. The van der Waals surface area contributed by atoms with Gasteiger partial charge in [-0.15, -0.1) is 0 Å². The first-order valence-electron chi connectivity index (χ1n) is 11.4. The van der Waals surface area contributed by atoms with E-state index in [0.29, 0.717) is 21.4 Å². The highest BCUT2D eigenvalue weighted by Crippen LogP contribution is 2.29. The topological polar surface area (TPSA) is 96.0 Å². The number of rotatable bonds is 10. The average molecular weight is 599 g/mol. The molecule has 3 rings (SSSR count). The molecule has 0 spiro atoms. The van der Waals surface area contributed by atoms with Crippen molar-refractivity contribution in [3.05, 3.63) is 87.4 Å². The fourth-order valence-corrected chi connectivity index (χ4v) is 5.79. The van der Waals surface area contributed by atoms with Crippen molar-refractivity contribution in [2.75, 3.05) is 25.0 Å². The van der Waals surface area contributed by atoms with Crippen LogP contribution >= 0.6 is 34.8 Å². The molecule has 0 unspecified atom stereocenters. The van der Waals surface area contributed by atoms with E-state index in [-0.39, 0.29) is 22.2 Å². The Hall–Kier alpha value is -2.98. The summed E-state index contributed by atoms with van der Waals surface area (Å²) in [6.45, 7) is 0.777. The van der Waals surface area contributed by atoms with Crippen LogP contribution < -0.4 is 14.4 Å². The van der Waals surface area contributed by atoms with E-state index in [4.69, 9.17) is 39.5 Å². The molecule has 0 saturated heterocycles. The van der Waals surface area contributed by atoms with Gasteiger partial charge in [0.2, 0.25) is 11.8 Å². The van der Waals surface area contributed by atoms with E-state index >= 15 is 0 Å². The Bertz CT molecular complexity index is 1400. The first-order valence-corrected chi connectivity index (χ1v) is 13.9. The van der Waals surface area contributed by atoms with E-state index < -0.39 is 34.4 Å². The number of nitrogens with zero attached hydrogens (tertiary/aromatic N) is 2. The van der Waals surface area contributed by atoms with Crippen molar-refractivity contribution in [2.24, 2.45) is 0 Å². The molecule has 0 saturated carbocycles. The quantitative estimate of drug-likeness (QED) is 0.354. The number of amides is 2. The molecule has 0 aliphatic heterocycles. The zero-order valence-corrected chi connectivity index (χ0v) is 23.9. The molecule has 8 nitrogen and oxygen atoms in total. The SMILES string of the molecule is CNC(=O)[C@H](C)N(Cc1c(Cl)cccc1Cl)C(=O)CN(c1cccc(Cl)c1)S(=O)(=O)c1ccc(OC)cc1. The van der Waals surface area contributed by atoms with Crippen molar-refractivity contribution in [1.29, 1.82) is 0 Å². The monoisotopic (exact) mass is 597 g/mol. The highest BCUT2D eigenvalue weighted by Gasteiger charge is 2.33. The lowest BCUT2D eigenvalue weighted by Gasteiger charge is -2.32. The third-order valence-electron chi connectivity index (χ3n) is 5.83. The first kappa shape index (κ1) is 29.6. The van der Waals surface area contributed by atoms with Crippen LogP contribution in [-0.4, -0.2) is 51.9 Å². The number of carbonyl (C=O) groups is 2. The molecule has 0 aliphatic rings. The van der Waals surface area contributed by atoms with Crippen molar-refractivity contribution >= 4 is 62.3 Å². The molecule has 3 aromatic carbocycles. The van der Waals surface area contributed by atoms with Gasteiger partial charge in [-0.2, -0.15) is 0 Å². The summed E-state index contributed by atoms with van der Waals surface area (Å²) >= 11 is 18.8. The summed E-state index contributed by atoms with van der Waals surface area (Å²) in [4.78, 5) is 27.5. The number of hydrogen-bond donors (Lipinski definition) is 1. The summed E-state index contributed by atoms with van der Waals surface area (Å²) in [5.41, 5.74) is 0.595. The predicted molar refractivity (Wildman–Crippen MR) is 150 cm³/mol. The number of nitrogens with one attached hydrogen (secondary N) is 1. The molecule has 0 fully saturated rings. The fraction of sp³-hybridized carbons (Fsp3) is 0.231. The van der Waals surface area contributed by atoms with E-state index in [9.17, 15) is 18.0 Å². The van der Waals surface area contributed by atoms with Gasteiger partial charge in [0.15, 0.2) is 0 Å². The maximum atomic E-state index is 13.8. The summed E-state index contributed by atoms with van der Waals surface area (Å²) < 4.78 is 33.6. The minimum absolute atomic E-state index is 0.0638. The summed E-state index contributed by atoms with van der Waals surface area (Å²) in [5.74, 6) is -0.639. The largest absolute Gasteiger partial charge is 0.497 e. The van der Waals surface area contributed by atoms with Gasteiger partial charge in [-0.1, -0.05) is 46.9 Å². The zero-order valence-electron chi connectivity index (χ0n) is 20.8. The number of likely N-dealkylation sites (N-methyl/N-ethyl adjacent to an activating group) is 1. The lowest BCUT2D eigenvalue weighted by atomic mass is 10.1. The maximum absolute atomic E-state index is 13.8. The van der Waals surface area contributed by atoms with Gasteiger partial charge >= 0.3 is 0 Å². The zero-order chi connectivity index (χ0) is 28.0. The molecule has 1 atom stereocenters. The van der Waals surface area contributed by atoms with Crippen molar-refractivity contribution in [3.63, 3.8) is 0 Å². The molecule has 0 aliphatic carbocycles.